The Kier molecular flexibility index (Phi) is 6.73. The molecule has 4 rings (SSSR count). The van der Waals surface area contributed by atoms with Gasteiger partial charge < -0.3 is 9.47 Å². The predicted molar refractivity (Wildman–Crippen MR) is 111 cm³/mol. The molecule has 0 radical (unpaired) electrons. The zero-order valence-corrected chi connectivity index (χ0v) is 17.6. The molecule has 1 spiro atoms. The minimum absolute atomic E-state index is 0.0109. The molecule has 3 fully saturated rings. The van der Waals surface area contributed by atoms with Gasteiger partial charge in [-0.15, -0.1) is 0 Å². The highest BCUT2D eigenvalue weighted by molar-refractivity contribution is 5.30. The molecule has 0 unspecified atom stereocenters. The van der Waals surface area contributed by atoms with Crippen molar-refractivity contribution >= 4 is 0 Å². The molecule has 2 nitrogen and oxygen atoms in total. The molecule has 0 atom stereocenters. The van der Waals surface area contributed by atoms with Crippen molar-refractivity contribution in [2.45, 2.75) is 102 Å². The van der Waals surface area contributed by atoms with Gasteiger partial charge in [-0.1, -0.05) is 44.7 Å². The van der Waals surface area contributed by atoms with Crippen LogP contribution >= 0.6 is 0 Å². The Morgan fingerprint density at radius 1 is 0.929 bits per heavy atom. The summed E-state index contributed by atoms with van der Waals surface area (Å²) in [5.74, 6) is 1.42. The van der Waals surface area contributed by atoms with E-state index >= 15 is 0 Å². The summed E-state index contributed by atoms with van der Waals surface area (Å²) in [6, 6.07) is 6.15. The number of benzene rings is 1. The third-order valence-corrected chi connectivity index (χ3v) is 7.56. The molecule has 0 amide bonds. The zero-order valence-electron chi connectivity index (χ0n) is 17.6. The molecule has 0 aromatic heterocycles. The summed E-state index contributed by atoms with van der Waals surface area (Å²) in [6.07, 6.45) is 14.3. The molecular formula is C25H37FO2. The highest BCUT2D eigenvalue weighted by Gasteiger charge is 2.41. The number of rotatable bonds is 6. The van der Waals surface area contributed by atoms with Crippen LogP contribution < -0.4 is 0 Å². The van der Waals surface area contributed by atoms with Gasteiger partial charge in [-0.2, -0.15) is 0 Å². The first-order valence-electron chi connectivity index (χ1n) is 11.8. The van der Waals surface area contributed by atoms with Gasteiger partial charge >= 0.3 is 0 Å². The van der Waals surface area contributed by atoms with Crippen LogP contribution in [0.15, 0.2) is 18.2 Å². The van der Waals surface area contributed by atoms with Crippen LogP contribution in [0, 0.1) is 11.7 Å². The van der Waals surface area contributed by atoms with E-state index in [-0.39, 0.29) is 11.6 Å². The molecule has 1 aromatic rings. The molecule has 1 heterocycles. The molecule has 2 saturated carbocycles. The summed E-state index contributed by atoms with van der Waals surface area (Å²) in [5, 5.41) is 0. The predicted octanol–water partition coefficient (Wildman–Crippen LogP) is 7.08. The van der Waals surface area contributed by atoms with Crippen molar-refractivity contribution in [3.05, 3.63) is 35.1 Å². The molecule has 0 bridgehead atoms. The Bertz CT molecular complexity index is 619. The maximum Gasteiger partial charge on any atom is 0.168 e. The van der Waals surface area contributed by atoms with E-state index in [1.165, 1.54) is 56.9 Å². The van der Waals surface area contributed by atoms with Crippen molar-refractivity contribution in [2.75, 3.05) is 13.2 Å². The van der Waals surface area contributed by atoms with E-state index in [2.05, 4.69) is 19.1 Å². The first kappa shape index (κ1) is 20.3. The van der Waals surface area contributed by atoms with E-state index in [9.17, 15) is 4.39 Å². The molecule has 156 valence electrons. The average molecular weight is 389 g/mol. The molecule has 1 aromatic carbocycles. The largest absolute Gasteiger partial charge is 0.348 e. The molecule has 1 saturated heterocycles. The first-order chi connectivity index (χ1) is 13.7. The van der Waals surface area contributed by atoms with Gasteiger partial charge in [0.25, 0.3) is 0 Å². The van der Waals surface area contributed by atoms with Crippen molar-refractivity contribution < 1.29 is 13.9 Å². The summed E-state index contributed by atoms with van der Waals surface area (Å²) >= 11 is 0. The fourth-order valence-corrected chi connectivity index (χ4v) is 5.75. The SMILES string of the molecule is CCCCCC1CCC(c2ccc(C3CCC4(CC3)OCCO4)c(F)c2)CC1. The van der Waals surface area contributed by atoms with Crippen molar-refractivity contribution in [3.8, 4) is 0 Å². The van der Waals surface area contributed by atoms with Gasteiger partial charge in [0.05, 0.1) is 13.2 Å². The number of unbranched alkanes of at least 4 members (excludes halogenated alkanes) is 2. The Labute approximate surface area is 170 Å². The minimum atomic E-state index is -0.358. The van der Waals surface area contributed by atoms with E-state index < -0.39 is 0 Å². The molecular weight excluding hydrogens is 351 g/mol. The van der Waals surface area contributed by atoms with E-state index in [0.29, 0.717) is 25.0 Å². The standard InChI is InChI=1S/C25H37FO2/c1-2-3-4-5-19-6-8-20(9-7-19)22-10-11-23(24(26)18-22)21-12-14-25(15-13-21)27-16-17-28-25/h10-11,18-21H,2-9,12-17H2,1H3. The fourth-order valence-electron chi connectivity index (χ4n) is 5.75. The van der Waals surface area contributed by atoms with Crippen LogP contribution in [0.5, 0.6) is 0 Å². The van der Waals surface area contributed by atoms with Gasteiger partial charge in [-0.25, -0.2) is 4.39 Å². The zero-order chi connectivity index (χ0) is 19.4. The monoisotopic (exact) mass is 388 g/mol. The maximum absolute atomic E-state index is 15.0. The molecule has 1 aliphatic heterocycles. The fraction of sp³-hybridized carbons (Fsp3) is 0.760. The normalized spacial score (nSPS) is 28.1. The summed E-state index contributed by atoms with van der Waals surface area (Å²) in [4.78, 5) is 0. The number of hydrogen-bond donors (Lipinski definition) is 0. The van der Waals surface area contributed by atoms with Crippen LogP contribution in [0.25, 0.3) is 0 Å². The van der Waals surface area contributed by atoms with Crippen LogP contribution in [0.1, 0.15) is 107 Å². The van der Waals surface area contributed by atoms with Gasteiger partial charge in [0, 0.05) is 12.8 Å². The van der Waals surface area contributed by atoms with Gasteiger partial charge in [0.15, 0.2) is 5.79 Å². The van der Waals surface area contributed by atoms with E-state index in [1.807, 2.05) is 6.07 Å². The summed E-state index contributed by atoms with van der Waals surface area (Å²) in [6.45, 7) is 3.68. The Balaban J connectivity index is 1.31. The molecule has 2 aliphatic carbocycles. The van der Waals surface area contributed by atoms with Crippen LogP contribution in [-0.2, 0) is 9.47 Å². The van der Waals surface area contributed by atoms with E-state index in [4.69, 9.17) is 9.47 Å². The quantitative estimate of drug-likeness (QED) is 0.485. The van der Waals surface area contributed by atoms with Crippen LogP contribution in [0.3, 0.4) is 0 Å². The lowest BCUT2D eigenvalue weighted by Crippen LogP contribution is -2.34. The minimum Gasteiger partial charge on any atom is -0.348 e. The lowest BCUT2D eigenvalue weighted by Gasteiger charge is -2.35. The Morgan fingerprint density at radius 2 is 1.64 bits per heavy atom. The Hall–Kier alpha value is -0.930. The second kappa shape index (κ2) is 9.26. The van der Waals surface area contributed by atoms with Gasteiger partial charge in [-0.3, -0.25) is 0 Å². The smallest absolute Gasteiger partial charge is 0.168 e. The van der Waals surface area contributed by atoms with Crippen LogP contribution in [-0.4, -0.2) is 19.0 Å². The average Bonchev–Trinajstić information content (AvgIpc) is 3.18. The van der Waals surface area contributed by atoms with Crippen molar-refractivity contribution in [3.63, 3.8) is 0 Å². The number of ether oxygens (including phenoxy) is 2. The van der Waals surface area contributed by atoms with Gasteiger partial charge in [-0.05, 0) is 73.5 Å². The highest BCUT2D eigenvalue weighted by atomic mass is 19.1. The van der Waals surface area contributed by atoms with Crippen molar-refractivity contribution in [2.24, 2.45) is 5.92 Å². The topological polar surface area (TPSA) is 18.5 Å². The van der Waals surface area contributed by atoms with Gasteiger partial charge in [0.2, 0.25) is 0 Å². The lowest BCUT2D eigenvalue weighted by molar-refractivity contribution is -0.178. The second-order valence-corrected chi connectivity index (χ2v) is 9.38. The maximum atomic E-state index is 15.0. The molecule has 3 heteroatoms. The first-order valence-corrected chi connectivity index (χ1v) is 11.8. The van der Waals surface area contributed by atoms with Crippen molar-refractivity contribution in [1.82, 2.24) is 0 Å². The van der Waals surface area contributed by atoms with Gasteiger partial charge in [0.1, 0.15) is 5.82 Å². The number of hydrogen-bond acceptors (Lipinski definition) is 2. The molecule has 3 aliphatic rings. The lowest BCUT2D eigenvalue weighted by atomic mass is 9.76. The third-order valence-electron chi connectivity index (χ3n) is 7.56. The third kappa shape index (κ3) is 4.62. The van der Waals surface area contributed by atoms with E-state index in [1.54, 1.807) is 0 Å². The molecule has 0 N–H and O–H groups in total. The Morgan fingerprint density at radius 3 is 2.29 bits per heavy atom. The van der Waals surface area contributed by atoms with Crippen LogP contribution in [0.2, 0.25) is 0 Å². The summed E-state index contributed by atoms with van der Waals surface area (Å²) < 4.78 is 26.6. The highest BCUT2D eigenvalue weighted by Crippen LogP contribution is 2.44. The van der Waals surface area contributed by atoms with Crippen molar-refractivity contribution in [1.29, 1.82) is 0 Å². The van der Waals surface area contributed by atoms with E-state index in [0.717, 1.165) is 37.2 Å². The number of halogens is 1. The molecule has 28 heavy (non-hydrogen) atoms. The van der Waals surface area contributed by atoms with Crippen LogP contribution in [0.4, 0.5) is 4.39 Å². The second-order valence-electron chi connectivity index (χ2n) is 9.38. The summed E-state index contributed by atoms with van der Waals surface area (Å²) in [5.41, 5.74) is 2.13. The summed E-state index contributed by atoms with van der Waals surface area (Å²) in [7, 11) is 0.